The second-order valence-corrected chi connectivity index (χ2v) is 14.0. The number of nitrogens with zero attached hydrogens (tertiary/aromatic N) is 8. The van der Waals surface area contributed by atoms with E-state index in [0.717, 1.165) is 33.4 Å². The van der Waals surface area contributed by atoms with Gasteiger partial charge in [-0.1, -0.05) is 18.9 Å². The quantitative estimate of drug-likeness (QED) is 0.0979. The predicted molar refractivity (Wildman–Crippen MR) is 206 cm³/mol. The highest BCUT2D eigenvalue weighted by Gasteiger charge is 2.22. The van der Waals surface area contributed by atoms with Crippen LogP contribution in [0.4, 0.5) is 5.69 Å². The van der Waals surface area contributed by atoms with Crippen molar-refractivity contribution in [1.29, 1.82) is 0 Å². The number of fused-ring (bicyclic) bond motifs is 2. The number of aromatic nitrogens is 6. The molecule has 0 saturated heterocycles. The summed E-state index contributed by atoms with van der Waals surface area (Å²) >= 11 is 12.0. The van der Waals surface area contributed by atoms with Crippen LogP contribution >= 0.6 is 23.2 Å². The number of amides is 1. The number of likely N-dealkylation sites (N-methyl/N-ethyl adjacent to an activating group) is 1. The zero-order valence-electron chi connectivity index (χ0n) is 29.8. The van der Waals surface area contributed by atoms with E-state index in [4.69, 9.17) is 28.2 Å². The third-order valence-electron chi connectivity index (χ3n) is 9.59. The summed E-state index contributed by atoms with van der Waals surface area (Å²) in [6, 6.07) is 16.5. The van der Waals surface area contributed by atoms with Crippen molar-refractivity contribution >= 4 is 56.7 Å². The van der Waals surface area contributed by atoms with Crippen molar-refractivity contribution in [2.75, 3.05) is 43.3 Å². The van der Waals surface area contributed by atoms with Crippen LogP contribution in [0.15, 0.2) is 60.8 Å². The van der Waals surface area contributed by atoms with Gasteiger partial charge in [-0.15, -0.1) is 28.3 Å². The van der Waals surface area contributed by atoms with Crippen LogP contribution in [-0.2, 0) is 24.8 Å². The molecule has 12 nitrogen and oxygen atoms in total. The van der Waals surface area contributed by atoms with Gasteiger partial charge in [0.2, 0.25) is 5.91 Å². The van der Waals surface area contributed by atoms with E-state index in [9.17, 15) is 20.1 Å². The lowest BCUT2D eigenvalue weighted by Gasteiger charge is -2.22. The van der Waals surface area contributed by atoms with Gasteiger partial charge in [0.15, 0.2) is 5.82 Å². The van der Waals surface area contributed by atoms with Crippen LogP contribution in [0.25, 0.3) is 39.0 Å². The predicted octanol–water partition coefficient (Wildman–Crippen LogP) is 6.78. The van der Waals surface area contributed by atoms with Gasteiger partial charge in [0, 0.05) is 93.7 Å². The van der Waals surface area contributed by atoms with E-state index < -0.39 is 0 Å². The molecule has 0 aliphatic heterocycles. The number of phenols is 2. The van der Waals surface area contributed by atoms with Gasteiger partial charge >= 0.3 is 6.01 Å². The molecule has 0 spiro atoms. The molecular weight excluding hydrogens is 703 g/mol. The smallest absolute Gasteiger partial charge is 0.319 e. The summed E-state index contributed by atoms with van der Waals surface area (Å²) in [5, 5.41) is 40.6. The van der Waals surface area contributed by atoms with Crippen LogP contribution in [-0.4, -0.2) is 93.5 Å². The van der Waals surface area contributed by atoms with Gasteiger partial charge < -0.3 is 34.3 Å². The molecule has 0 aliphatic rings. The highest BCUT2D eigenvalue weighted by Crippen LogP contribution is 2.39. The standard InChI is InChI=1S/C38H44Cl2N8O4/c1-24(2)28-22-29(34(50)23-33(28)49)37-42-43-38(52)48(37)27-9-10-31-25(20-27)12-15-47(31)19-18-44(3)36(51)7-5-6-35-41-30-21-26(8-11-32(30)45(35)4)46(16-13-39)17-14-40/h8-12,15,20-24,49-50H,5-7,13-14,16-19H2,1-4H3,(H,43,52). The number of anilines is 1. The molecule has 0 saturated carbocycles. The largest absolute Gasteiger partial charge is 0.508 e. The minimum Gasteiger partial charge on any atom is -0.508 e. The maximum Gasteiger partial charge on any atom is 0.319 e. The molecule has 0 bridgehead atoms. The zero-order chi connectivity index (χ0) is 37.1. The molecule has 6 rings (SSSR count). The van der Waals surface area contributed by atoms with Crippen molar-refractivity contribution in [3.63, 3.8) is 0 Å². The first kappa shape index (κ1) is 36.8. The van der Waals surface area contributed by atoms with E-state index >= 15 is 0 Å². The molecule has 1 amide bonds. The molecule has 3 aromatic heterocycles. The topological polar surface area (TPSA) is 138 Å². The lowest BCUT2D eigenvalue weighted by atomic mass is 9.98. The van der Waals surface area contributed by atoms with Crippen LogP contribution in [0.1, 0.15) is 44.0 Å². The second-order valence-electron chi connectivity index (χ2n) is 13.3. The number of carbonyl (C=O) groups is 1. The van der Waals surface area contributed by atoms with Crippen LogP contribution in [0.3, 0.4) is 0 Å². The van der Waals surface area contributed by atoms with Crippen LogP contribution < -0.4 is 4.90 Å². The number of carbonyl (C=O) groups excluding carboxylic acids is 1. The number of imidazole rings is 1. The summed E-state index contributed by atoms with van der Waals surface area (Å²) < 4.78 is 5.64. The lowest BCUT2D eigenvalue weighted by molar-refractivity contribution is -0.130. The van der Waals surface area contributed by atoms with Crippen molar-refractivity contribution in [2.45, 2.75) is 45.6 Å². The summed E-state index contributed by atoms with van der Waals surface area (Å²) in [4.78, 5) is 21.9. The summed E-state index contributed by atoms with van der Waals surface area (Å²) in [6.07, 6.45) is 3.76. The molecule has 0 radical (unpaired) electrons. The Bertz CT molecular complexity index is 2200. The minimum absolute atomic E-state index is 0.00255. The van der Waals surface area contributed by atoms with E-state index in [2.05, 4.69) is 42.4 Å². The molecule has 0 unspecified atom stereocenters. The highest BCUT2D eigenvalue weighted by atomic mass is 35.5. The van der Waals surface area contributed by atoms with E-state index in [0.29, 0.717) is 74.0 Å². The lowest BCUT2D eigenvalue weighted by Crippen LogP contribution is -2.29. The Balaban J connectivity index is 1.08. The van der Waals surface area contributed by atoms with Crippen molar-refractivity contribution in [2.24, 2.45) is 7.05 Å². The number of phenolic OH excluding ortho intramolecular Hbond substituents is 2. The third kappa shape index (κ3) is 7.49. The number of alkyl halides is 2. The molecule has 14 heteroatoms. The Hall–Kier alpha value is -4.94. The Kier molecular flexibility index (Phi) is 11.2. The van der Waals surface area contributed by atoms with Crippen LogP contribution in [0, 0.1) is 0 Å². The van der Waals surface area contributed by atoms with Crippen molar-refractivity contribution in [3.05, 3.63) is 72.2 Å². The first-order valence-corrected chi connectivity index (χ1v) is 18.4. The summed E-state index contributed by atoms with van der Waals surface area (Å²) in [5.74, 6) is 2.11. The van der Waals surface area contributed by atoms with Gasteiger partial charge in [0.05, 0.1) is 22.3 Å². The fraction of sp³-hybridized carbons (Fsp3) is 0.368. The maximum absolute atomic E-state index is 13.1. The first-order valence-electron chi connectivity index (χ1n) is 17.4. The number of hydrogen-bond acceptors (Lipinski definition) is 8. The molecule has 0 aliphatic carbocycles. The van der Waals surface area contributed by atoms with Gasteiger partial charge in [-0.05, 0) is 66.4 Å². The third-order valence-corrected chi connectivity index (χ3v) is 9.93. The summed E-state index contributed by atoms with van der Waals surface area (Å²) in [5.41, 5.74) is 5.55. The Morgan fingerprint density at radius 3 is 2.38 bits per heavy atom. The van der Waals surface area contributed by atoms with E-state index in [1.165, 1.54) is 10.6 Å². The highest BCUT2D eigenvalue weighted by molar-refractivity contribution is 6.18. The number of halogens is 2. The Morgan fingerprint density at radius 1 is 0.904 bits per heavy atom. The molecule has 3 N–H and O–H groups in total. The fourth-order valence-corrected chi connectivity index (χ4v) is 7.06. The minimum atomic E-state index is -0.328. The summed E-state index contributed by atoms with van der Waals surface area (Å²) in [6.45, 7) is 6.44. The van der Waals surface area contributed by atoms with E-state index in [-0.39, 0.29) is 35.2 Å². The molecular formula is C38H44Cl2N8O4. The molecule has 0 fully saturated rings. The first-order chi connectivity index (χ1) is 25.0. The monoisotopic (exact) mass is 746 g/mol. The number of rotatable bonds is 15. The van der Waals surface area contributed by atoms with Crippen molar-refractivity contribution in [3.8, 4) is 34.6 Å². The molecule has 3 aromatic carbocycles. The molecule has 6 aromatic rings. The van der Waals surface area contributed by atoms with Crippen molar-refractivity contribution < 1.29 is 20.1 Å². The number of aryl methyl sites for hydroxylation is 2. The number of aromatic hydroxyl groups is 3. The van der Waals surface area contributed by atoms with E-state index in [1.54, 1.807) is 11.0 Å². The average Bonchev–Trinajstić information content (AvgIpc) is 3.80. The SMILES string of the molecule is CC(C)c1cc(-c2nnc(O)n2-c2ccc3c(ccn3CCN(C)C(=O)CCCc3nc4cc(N(CCCl)CCCl)ccc4n3C)c2)c(O)cc1O. The number of benzene rings is 3. The van der Waals surface area contributed by atoms with Gasteiger partial charge in [0.1, 0.15) is 17.3 Å². The average molecular weight is 748 g/mol. The van der Waals surface area contributed by atoms with Gasteiger partial charge in [-0.2, -0.15) is 0 Å². The fourth-order valence-electron chi connectivity index (χ4n) is 6.65. The normalized spacial score (nSPS) is 11.7. The van der Waals surface area contributed by atoms with E-state index in [1.807, 2.05) is 58.4 Å². The number of hydrogen-bond donors (Lipinski definition) is 3. The van der Waals surface area contributed by atoms with Gasteiger partial charge in [-0.3, -0.25) is 4.79 Å². The zero-order valence-corrected chi connectivity index (χ0v) is 31.3. The maximum atomic E-state index is 13.1. The second kappa shape index (κ2) is 15.7. The summed E-state index contributed by atoms with van der Waals surface area (Å²) in [7, 11) is 3.84. The van der Waals surface area contributed by atoms with Crippen molar-refractivity contribution in [1.82, 2.24) is 33.8 Å². The van der Waals surface area contributed by atoms with Crippen LogP contribution in [0.5, 0.6) is 17.5 Å². The Morgan fingerprint density at radius 2 is 1.65 bits per heavy atom. The van der Waals surface area contributed by atoms with Gasteiger partial charge in [0.25, 0.3) is 0 Å². The molecule has 0 atom stereocenters. The van der Waals surface area contributed by atoms with Crippen LogP contribution in [0.2, 0.25) is 0 Å². The Labute approximate surface area is 312 Å². The van der Waals surface area contributed by atoms with Gasteiger partial charge in [-0.25, -0.2) is 9.55 Å². The molecule has 52 heavy (non-hydrogen) atoms. The molecule has 274 valence electrons. The molecule has 3 heterocycles.